The maximum Gasteiger partial charge on any atom is 0.258 e. The van der Waals surface area contributed by atoms with Crippen molar-refractivity contribution in [2.45, 2.75) is 30.7 Å². The van der Waals surface area contributed by atoms with Gasteiger partial charge in [-0.25, -0.2) is 23.1 Å². The minimum Gasteiger partial charge on any atom is -0.491 e. The second-order valence-corrected chi connectivity index (χ2v) is 9.18. The fraction of sp³-hybridized carbons (Fsp3) is 0.292. The number of nitrogen functional groups attached to an aromatic ring is 1. The quantitative estimate of drug-likeness (QED) is 0.490. The molecule has 1 aliphatic heterocycles. The number of hydrogen-bond donors (Lipinski definition) is 1. The number of likely N-dealkylation sites (N-methyl/N-ethyl adjacent to an activating group) is 1. The second-order valence-electron chi connectivity index (χ2n) is 9.18. The largest absolute Gasteiger partial charge is 0.491 e. The van der Waals surface area contributed by atoms with E-state index < -0.39 is 29.1 Å². The Kier molecular flexibility index (Phi) is 4.04. The standard InChI is InChI=1S/C24H20F3N5O2/c1-23(10-24(23,26)27)12-3-4-13-19(9-34-20(13)5-12)31(2)22(33)14-6-17-16(7-15(14)25)30-21(28)18-8-29-11-32(17)18/h3-8,11,19H,9-10H2,1-2H3,(H2,28,30)/t19-,23?/m1/s1. The van der Waals surface area contributed by atoms with Crippen molar-refractivity contribution in [3.8, 4) is 5.75 Å². The van der Waals surface area contributed by atoms with Crippen LogP contribution in [0.1, 0.15) is 40.9 Å². The van der Waals surface area contributed by atoms with E-state index >= 15 is 0 Å². The summed E-state index contributed by atoms with van der Waals surface area (Å²) in [6, 6.07) is 7.11. The highest BCUT2D eigenvalue weighted by atomic mass is 19.3. The summed E-state index contributed by atoms with van der Waals surface area (Å²) in [4.78, 5) is 23.0. The van der Waals surface area contributed by atoms with Gasteiger partial charge in [0.05, 0.1) is 40.6 Å². The number of fused-ring (bicyclic) bond motifs is 4. The Balaban J connectivity index is 1.35. The molecule has 1 saturated carbocycles. The van der Waals surface area contributed by atoms with E-state index in [1.54, 1.807) is 29.6 Å². The van der Waals surface area contributed by atoms with E-state index in [0.717, 1.165) is 0 Å². The number of nitrogens with two attached hydrogens (primary N) is 1. The Labute approximate surface area is 192 Å². The summed E-state index contributed by atoms with van der Waals surface area (Å²) >= 11 is 0. The van der Waals surface area contributed by atoms with Gasteiger partial charge in [0.1, 0.15) is 29.5 Å². The fourth-order valence-corrected chi connectivity index (χ4v) is 4.76. The Morgan fingerprint density at radius 2 is 2.03 bits per heavy atom. The van der Waals surface area contributed by atoms with Crippen LogP contribution in [0, 0.1) is 5.82 Å². The molecule has 2 N–H and O–H groups in total. The number of alkyl halides is 2. The lowest BCUT2D eigenvalue weighted by molar-refractivity contribution is 0.0703. The molecule has 1 amide bonds. The molecule has 2 aliphatic rings. The third-order valence-electron chi connectivity index (χ3n) is 7.15. The number of ether oxygens (including phenoxy) is 1. The summed E-state index contributed by atoms with van der Waals surface area (Å²) in [6.45, 7) is 1.67. The number of anilines is 1. The summed E-state index contributed by atoms with van der Waals surface area (Å²) in [7, 11) is 1.56. The van der Waals surface area contributed by atoms with Crippen molar-refractivity contribution in [1.82, 2.24) is 19.3 Å². The zero-order chi connectivity index (χ0) is 24.0. The molecule has 2 atom stereocenters. The van der Waals surface area contributed by atoms with Gasteiger partial charge >= 0.3 is 0 Å². The van der Waals surface area contributed by atoms with Crippen LogP contribution in [0.25, 0.3) is 16.6 Å². The van der Waals surface area contributed by atoms with E-state index in [4.69, 9.17) is 10.5 Å². The first-order valence-corrected chi connectivity index (χ1v) is 10.7. The molecule has 0 saturated heterocycles. The minimum absolute atomic E-state index is 0.133. The highest BCUT2D eigenvalue weighted by Crippen LogP contribution is 2.61. The van der Waals surface area contributed by atoms with Crippen molar-refractivity contribution in [3.05, 3.63) is 65.4 Å². The van der Waals surface area contributed by atoms with Crippen molar-refractivity contribution in [2.75, 3.05) is 19.4 Å². The third-order valence-corrected chi connectivity index (χ3v) is 7.15. The number of imidazole rings is 1. The van der Waals surface area contributed by atoms with Crippen molar-refractivity contribution in [2.24, 2.45) is 0 Å². The number of benzene rings is 2. The van der Waals surface area contributed by atoms with Crippen molar-refractivity contribution >= 4 is 28.3 Å². The predicted octanol–water partition coefficient (Wildman–Crippen LogP) is 4.11. The highest BCUT2D eigenvalue weighted by Gasteiger charge is 2.68. The molecular weight excluding hydrogens is 447 g/mol. The SMILES string of the molecule is CN(C(=O)c1cc2c(cc1F)nc(N)c1cncn12)[C@@H]1COc2cc(C3(C)CC3(F)F)ccc21. The first kappa shape index (κ1) is 20.8. The number of carbonyl (C=O) groups is 1. The molecular formula is C24H20F3N5O2. The van der Waals surface area contributed by atoms with E-state index in [1.807, 2.05) is 0 Å². The first-order chi connectivity index (χ1) is 16.1. The van der Waals surface area contributed by atoms with Gasteiger partial charge < -0.3 is 15.4 Å². The second kappa shape index (κ2) is 6.62. The number of amides is 1. The Bertz CT molecular complexity index is 1520. The molecule has 4 aromatic rings. The molecule has 0 bridgehead atoms. The van der Waals surface area contributed by atoms with Gasteiger partial charge in [-0.15, -0.1) is 0 Å². The van der Waals surface area contributed by atoms with Gasteiger partial charge in [0, 0.05) is 25.1 Å². The summed E-state index contributed by atoms with van der Waals surface area (Å²) < 4.78 is 50.0. The van der Waals surface area contributed by atoms with Gasteiger partial charge in [0.25, 0.3) is 11.8 Å². The molecule has 6 rings (SSSR count). The molecule has 2 aromatic heterocycles. The molecule has 0 spiro atoms. The summed E-state index contributed by atoms with van der Waals surface area (Å²) in [5.74, 6) is -3.34. The van der Waals surface area contributed by atoms with Gasteiger partial charge in [0.2, 0.25) is 0 Å². The molecule has 2 aromatic carbocycles. The zero-order valence-electron chi connectivity index (χ0n) is 18.3. The Morgan fingerprint density at radius 1 is 1.26 bits per heavy atom. The molecule has 7 nitrogen and oxygen atoms in total. The highest BCUT2D eigenvalue weighted by molar-refractivity contribution is 5.98. The van der Waals surface area contributed by atoms with Gasteiger partial charge in [-0.05, 0) is 24.6 Å². The number of carbonyl (C=O) groups excluding carboxylic acids is 1. The van der Waals surface area contributed by atoms with E-state index in [9.17, 15) is 18.0 Å². The van der Waals surface area contributed by atoms with Gasteiger partial charge in [-0.1, -0.05) is 12.1 Å². The molecule has 34 heavy (non-hydrogen) atoms. The van der Waals surface area contributed by atoms with Crippen LogP contribution in [-0.4, -0.2) is 44.8 Å². The summed E-state index contributed by atoms with van der Waals surface area (Å²) in [6.07, 6.45) is 2.86. The number of halogens is 3. The van der Waals surface area contributed by atoms with Crippen LogP contribution in [0.3, 0.4) is 0 Å². The Morgan fingerprint density at radius 3 is 2.76 bits per heavy atom. The lowest BCUT2D eigenvalue weighted by Gasteiger charge is -2.24. The van der Waals surface area contributed by atoms with Crippen molar-refractivity contribution in [1.29, 1.82) is 0 Å². The predicted molar refractivity (Wildman–Crippen MR) is 119 cm³/mol. The smallest absolute Gasteiger partial charge is 0.258 e. The number of rotatable bonds is 3. The number of nitrogens with zero attached hydrogens (tertiary/aromatic N) is 4. The van der Waals surface area contributed by atoms with Crippen LogP contribution >= 0.6 is 0 Å². The van der Waals surface area contributed by atoms with Gasteiger partial charge in [-0.3, -0.25) is 9.20 Å². The topological polar surface area (TPSA) is 85.8 Å². The van der Waals surface area contributed by atoms with Crippen LogP contribution in [-0.2, 0) is 5.41 Å². The first-order valence-electron chi connectivity index (χ1n) is 10.7. The van der Waals surface area contributed by atoms with E-state index in [-0.39, 0.29) is 24.4 Å². The molecule has 10 heteroatoms. The van der Waals surface area contributed by atoms with Crippen molar-refractivity contribution in [3.63, 3.8) is 0 Å². The van der Waals surface area contributed by atoms with Crippen molar-refractivity contribution < 1.29 is 22.7 Å². The van der Waals surface area contributed by atoms with Gasteiger partial charge in [0.15, 0.2) is 0 Å². The van der Waals surface area contributed by atoms with Crippen LogP contribution in [0.15, 0.2) is 42.9 Å². The molecule has 1 unspecified atom stereocenters. The summed E-state index contributed by atoms with van der Waals surface area (Å²) in [5, 5.41) is 0. The van der Waals surface area contributed by atoms with Crippen LogP contribution in [0.5, 0.6) is 5.75 Å². The maximum absolute atomic E-state index is 15.0. The lowest BCUT2D eigenvalue weighted by Crippen LogP contribution is -2.32. The molecule has 0 radical (unpaired) electrons. The molecule has 3 heterocycles. The minimum atomic E-state index is -2.74. The average molecular weight is 467 g/mol. The molecule has 1 fully saturated rings. The monoisotopic (exact) mass is 467 g/mol. The van der Waals surface area contributed by atoms with Gasteiger partial charge in [-0.2, -0.15) is 0 Å². The zero-order valence-corrected chi connectivity index (χ0v) is 18.3. The molecule has 174 valence electrons. The fourth-order valence-electron chi connectivity index (χ4n) is 4.76. The normalized spacial score (nSPS) is 22.6. The lowest BCUT2D eigenvalue weighted by atomic mass is 9.94. The Hall–Kier alpha value is -3.82. The van der Waals surface area contributed by atoms with E-state index in [0.29, 0.717) is 33.4 Å². The maximum atomic E-state index is 15.0. The third kappa shape index (κ3) is 2.74. The average Bonchev–Trinajstić information content (AvgIpc) is 3.21. The summed E-state index contributed by atoms with van der Waals surface area (Å²) in [5.41, 5.74) is 7.13. The number of hydrogen-bond acceptors (Lipinski definition) is 5. The van der Waals surface area contributed by atoms with Crippen LogP contribution < -0.4 is 10.5 Å². The van der Waals surface area contributed by atoms with E-state index in [2.05, 4.69) is 9.97 Å². The van der Waals surface area contributed by atoms with E-state index in [1.165, 1.54) is 36.5 Å². The van der Waals surface area contributed by atoms with Crippen LogP contribution in [0.4, 0.5) is 19.0 Å². The number of aromatic nitrogens is 3. The molecule has 1 aliphatic carbocycles. The van der Waals surface area contributed by atoms with Crippen LogP contribution in [0.2, 0.25) is 0 Å².